The topological polar surface area (TPSA) is 219 Å². The van der Waals surface area contributed by atoms with Gasteiger partial charge in [0.25, 0.3) is 23.6 Å². The van der Waals surface area contributed by atoms with E-state index in [-0.39, 0.29) is 53.8 Å². The van der Waals surface area contributed by atoms with Crippen LogP contribution in [-0.4, -0.2) is 189 Å². The summed E-state index contributed by atoms with van der Waals surface area (Å²) in [5.74, 6) is -0.406. The Morgan fingerprint density at radius 2 is 1.07 bits per heavy atom. The van der Waals surface area contributed by atoms with Crippen LogP contribution in [0.25, 0.3) is 16.9 Å². The molecule has 11 rings (SSSR count). The molecule has 5 aliphatic heterocycles. The van der Waals surface area contributed by atoms with Gasteiger partial charge >= 0.3 is 7.12 Å². The van der Waals surface area contributed by atoms with Gasteiger partial charge in [0.15, 0.2) is 11.3 Å². The SMILES string of the molecule is CC(C)c1cc(C2=CCOCC2)nn2cc(C(=O)N3CCN(C(=O)C4(O)CCC4)CC3(C)C)nc12.CC(C)c1cc(Cl)nn2cc(C(=O)N3CCN(C(=O)C4(O)CCC4)CC3(C)C)nc12.CC1(C)OB(C2=CCOCC2)OC1(C)C. The Morgan fingerprint density at radius 1 is 0.625 bits per heavy atom. The van der Waals surface area contributed by atoms with Crippen molar-refractivity contribution in [3.8, 4) is 0 Å². The smallest absolute Gasteiger partial charge is 0.400 e. The zero-order valence-electron chi connectivity index (χ0n) is 48.9. The predicted molar refractivity (Wildman–Crippen MR) is 303 cm³/mol. The largest absolute Gasteiger partial charge is 0.490 e. The van der Waals surface area contributed by atoms with Crippen LogP contribution in [0.15, 0.2) is 42.2 Å². The quantitative estimate of drug-likeness (QED) is 0.169. The summed E-state index contributed by atoms with van der Waals surface area (Å²) in [6.07, 6.45) is 13.0. The number of halogens is 1. The normalized spacial score (nSPS) is 22.6. The Kier molecular flexibility index (Phi) is 16.7. The highest BCUT2D eigenvalue weighted by atomic mass is 35.5. The molecule has 2 saturated carbocycles. The zero-order chi connectivity index (χ0) is 57.9. The van der Waals surface area contributed by atoms with Crippen molar-refractivity contribution in [1.82, 2.24) is 48.8 Å². The molecule has 4 aromatic heterocycles. The molecule has 0 radical (unpaired) electrons. The molecule has 5 fully saturated rings. The zero-order valence-corrected chi connectivity index (χ0v) is 49.7. The van der Waals surface area contributed by atoms with Crippen LogP contribution in [0, 0.1) is 0 Å². The lowest BCUT2D eigenvalue weighted by Crippen LogP contribution is -2.65. The van der Waals surface area contributed by atoms with Gasteiger partial charge in [0.05, 0.1) is 66.8 Å². The summed E-state index contributed by atoms with van der Waals surface area (Å²) in [7, 11) is -0.182. The molecule has 2 N–H and O–H groups in total. The van der Waals surface area contributed by atoms with Gasteiger partial charge in [-0.3, -0.25) is 19.2 Å². The van der Waals surface area contributed by atoms with E-state index < -0.39 is 22.3 Å². The van der Waals surface area contributed by atoms with Crippen LogP contribution in [0.2, 0.25) is 5.15 Å². The van der Waals surface area contributed by atoms with E-state index in [1.54, 1.807) is 47.1 Å². The van der Waals surface area contributed by atoms with Crippen molar-refractivity contribution >= 4 is 59.2 Å². The van der Waals surface area contributed by atoms with Gasteiger partial charge in [0.2, 0.25) is 0 Å². The number of hydrogen-bond donors (Lipinski definition) is 2. The number of aliphatic hydroxyl groups is 2. The highest BCUT2D eigenvalue weighted by Crippen LogP contribution is 2.40. The summed E-state index contributed by atoms with van der Waals surface area (Å²) in [6, 6.07) is 3.86. The first-order valence-electron chi connectivity index (χ1n) is 28.6. The van der Waals surface area contributed by atoms with Crippen LogP contribution in [0.3, 0.4) is 0 Å². The molecule has 2 aliphatic carbocycles. The van der Waals surface area contributed by atoms with E-state index in [0.29, 0.717) is 113 Å². The third-order valence-corrected chi connectivity index (χ3v) is 17.6. The second kappa shape index (κ2) is 22.5. The number of carbonyl (C=O) groups is 4. The van der Waals surface area contributed by atoms with Crippen molar-refractivity contribution < 1.29 is 48.2 Å². The van der Waals surface area contributed by atoms with Gasteiger partial charge in [-0.05, 0) is 142 Å². The second-order valence-electron chi connectivity index (χ2n) is 25.5. The van der Waals surface area contributed by atoms with E-state index in [1.165, 1.54) is 5.47 Å². The molecule has 0 unspecified atom stereocenters. The maximum absolute atomic E-state index is 13.6. The molecule has 4 aromatic rings. The van der Waals surface area contributed by atoms with Crippen LogP contribution in [-0.2, 0) is 28.4 Å². The molecular weight excluding hydrogens is 1040 g/mol. The van der Waals surface area contributed by atoms with Crippen molar-refractivity contribution in [2.45, 2.75) is 180 Å². The van der Waals surface area contributed by atoms with Crippen LogP contribution in [0.1, 0.15) is 184 Å². The molecule has 4 amide bonds. The van der Waals surface area contributed by atoms with Gasteiger partial charge in [0.1, 0.15) is 27.7 Å². The third-order valence-electron chi connectivity index (χ3n) is 17.4. The van der Waals surface area contributed by atoms with Gasteiger partial charge in [-0.15, -0.1) is 0 Å². The fourth-order valence-electron chi connectivity index (χ4n) is 11.4. The number of amides is 4. The highest BCUT2D eigenvalue weighted by Gasteiger charge is 2.53. The van der Waals surface area contributed by atoms with E-state index in [1.807, 2.05) is 41.5 Å². The van der Waals surface area contributed by atoms with E-state index in [4.69, 9.17) is 40.5 Å². The molecule has 7 aliphatic rings. The lowest BCUT2D eigenvalue weighted by Gasteiger charge is -2.49. The standard InChI is InChI=1S/C26H35N5O4.C21H28ClN5O3.C11H19BO3/c1-17(2)19-14-20(18-6-12-35-13-7-18)28-31-15-21(27-22(19)31)23(32)30-11-10-29(16-25(30,3)4)24(33)26(34)8-5-9-26;1-13(2)14-10-16(22)24-27-11-15(23-17(14)27)18(28)26-9-8-25(12-20(26,3)4)19(29)21(30)6-5-7-21;1-10(2)11(3,4)15-12(14-10)9-5-7-13-8-6-9/h6,14-15,17,34H,5,7-13,16H2,1-4H3;10-11,13,30H,5-9,12H2,1-4H3;5H,6-8H2,1-4H3. The van der Waals surface area contributed by atoms with Crippen molar-refractivity contribution in [2.24, 2.45) is 0 Å². The van der Waals surface area contributed by atoms with E-state index in [9.17, 15) is 29.4 Å². The van der Waals surface area contributed by atoms with Crippen molar-refractivity contribution in [3.05, 3.63) is 75.5 Å². The fraction of sp³-hybridized carbons (Fsp3) is 0.655. The molecule has 9 heterocycles. The number of imidazole rings is 2. The number of carbonyl (C=O) groups excluding carboxylic acids is 4. The first kappa shape index (κ1) is 59.3. The first-order valence-corrected chi connectivity index (χ1v) is 28.9. The maximum Gasteiger partial charge on any atom is 0.490 e. The average molecular weight is 1130 g/mol. The van der Waals surface area contributed by atoms with Crippen molar-refractivity contribution in [2.75, 3.05) is 65.7 Å². The number of ether oxygens (including phenoxy) is 2. The van der Waals surface area contributed by atoms with Crippen LogP contribution < -0.4 is 0 Å². The molecular formula is C58H82BClN10O10. The van der Waals surface area contributed by atoms with Gasteiger partial charge < -0.3 is 48.6 Å². The Bertz CT molecular complexity index is 3070. The van der Waals surface area contributed by atoms with E-state index in [0.717, 1.165) is 54.7 Å². The van der Waals surface area contributed by atoms with Gasteiger partial charge in [-0.1, -0.05) is 51.4 Å². The van der Waals surface area contributed by atoms with Gasteiger partial charge in [-0.2, -0.15) is 10.2 Å². The minimum atomic E-state index is -1.22. The molecule has 0 atom stereocenters. The van der Waals surface area contributed by atoms with Crippen molar-refractivity contribution in [3.63, 3.8) is 0 Å². The second-order valence-corrected chi connectivity index (χ2v) is 25.9. The summed E-state index contributed by atoms with van der Waals surface area (Å²) in [6.45, 7) is 29.4. The molecule has 80 heavy (non-hydrogen) atoms. The number of fused-ring (bicyclic) bond motifs is 2. The average Bonchev–Trinajstić information content (AvgIpc) is 4.15. The molecule has 0 bridgehead atoms. The Morgan fingerprint density at radius 3 is 1.48 bits per heavy atom. The van der Waals surface area contributed by atoms with Crippen LogP contribution >= 0.6 is 11.6 Å². The fourth-order valence-corrected chi connectivity index (χ4v) is 11.6. The van der Waals surface area contributed by atoms with Gasteiger partial charge in [0, 0.05) is 50.4 Å². The molecule has 0 spiro atoms. The lowest BCUT2D eigenvalue weighted by atomic mass is 9.75. The first-order chi connectivity index (χ1) is 37.5. The summed E-state index contributed by atoms with van der Waals surface area (Å²) < 4.78 is 25.9. The maximum atomic E-state index is 13.6. The summed E-state index contributed by atoms with van der Waals surface area (Å²) in [5.41, 5.74) is 3.10. The van der Waals surface area contributed by atoms with Crippen LogP contribution in [0.4, 0.5) is 0 Å². The summed E-state index contributed by atoms with van der Waals surface area (Å²) in [5, 5.41) is 30.3. The van der Waals surface area contributed by atoms with E-state index >= 15 is 0 Å². The molecule has 0 aromatic carbocycles. The predicted octanol–water partition coefficient (Wildman–Crippen LogP) is 7.08. The number of nitrogens with zero attached hydrogens (tertiary/aromatic N) is 10. The molecule has 3 saturated heterocycles. The van der Waals surface area contributed by atoms with Crippen LogP contribution in [0.5, 0.6) is 0 Å². The molecule has 20 nitrogen and oxygen atoms in total. The lowest BCUT2D eigenvalue weighted by molar-refractivity contribution is -0.164. The minimum Gasteiger partial charge on any atom is -0.400 e. The Labute approximate surface area is 475 Å². The summed E-state index contributed by atoms with van der Waals surface area (Å²) >= 11 is 6.14. The number of hydrogen-bond acceptors (Lipinski definition) is 14. The molecule has 434 valence electrons. The number of piperazine rings is 2. The minimum absolute atomic E-state index is 0.170. The number of aromatic nitrogens is 6. The van der Waals surface area contributed by atoms with Crippen molar-refractivity contribution in [1.29, 1.82) is 0 Å². The Hall–Kier alpha value is -5.29. The van der Waals surface area contributed by atoms with E-state index in [2.05, 4.69) is 69.8 Å². The van der Waals surface area contributed by atoms with Gasteiger partial charge in [-0.25, -0.2) is 19.0 Å². The summed E-state index contributed by atoms with van der Waals surface area (Å²) in [4.78, 5) is 68.8. The Balaban J connectivity index is 0.000000156. The monoisotopic (exact) mass is 1120 g/mol. The highest BCUT2D eigenvalue weighted by molar-refractivity contribution is 6.54. The molecule has 22 heteroatoms. The number of rotatable bonds is 8. The third kappa shape index (κ3) is 11.8.